The number of rotatable bonds is 9. The van der Waals surface area contributed by atoms with Crippen LogP contribution < -0.4 is 4.90 Å². The van der Waals surface area contributed by atoms with Crippen molar-refractivity contribution in [2.24, 2.45) is 0 Å². The summed E-state index contributed by atoms with van der Waals surface area (Å²) in [6, 6.07) is 3.60. The molecular formula is C26H38N6O5S. The lowest BCUT2D eigenvalue weighted by Gasteiger charge is -2.34. The van der Waals surface area contributed by atoms with E-state index in [0.29, 0.717) is 54.6 Å². The van der Waals surface area contributed by atoms with Crippen molar-refractivity contribution in [3.05, 3.63) is 23.9 Å². The number of carboxylic acids is 1. The summed E-state index contributed by atoms with van der Waals surface area (Å²) >= 11 is 0. The number of carboxylic acid groups (broad SMARTS) is 1. The SMILES string of the molecule is C[C@@H]1COCCN1c1cc(C(=O)O)c2c(n1)c(-c1ccn(C3CCCCO3)n1)nn2COCCS(C)(C)C. The summed E-state index contributed by atoms with van der Waals surface area (Å²) in [6.07, 6.45) is 11.6. The number of anilines is 1. The number of ether oxygens (including phenoxy) is 3. The number of hydrogen-bond acceptors (Lipinski definition) is 8. The molecule has 3 aromatic rings. The monoisotopic (exact) mass is 546 g/mol. The predicted molar refractivity (Wildman–Crippen MR) is 148 cm³/mol. The Kier molecular flexibility index (Phi) is 7.94. The second-order valence-electron chi connectivity index (χ2n) is 10.8. The van der Waals surface area contributed by atoms with Crippen molar-refractivity contribution < 1.29 is 24.1 Å². The van der Waals surface area contributed by atoms with E-state index < -0.39 is 16.0 Å². The van der Waals surface area contributed by atoms with Gasteiger partial charge >= 0.3 is 5.97 Å². The van der Waals surface area contributed by atoms with Gasteiger partial charge in [0, 0.05) is 25.1 Å². The molecular weight excluding hydrogens is 508 g/mol. The minimum atomic E-state index is -1.03. The second kappa shape index (κ2) is 11.2. The molecule has 0 radical (unpaired) electrons. The van der Waals surface area contributed by atoms with E-state index in [1.54, 1.807) is 10.7 Å². The van der Waals surface area contributed by atoms with Crippen molar-refractivity contribution >= 4 is 32.8 Å². The van der Waals surface area contributed by atoms with Crippen LogP contribution in [0.2, 0.25) is 0 Å². The van der Waals surface area contributed by atoms with Crippen molar-refractivity contribution in [3.8, 4) is 11.4 Å². The average Bonchev–Trinajstić information content (AvgIpc) is 3.51. The molecule has 0 bridgehead atoms. The van der Waals surface area contributed by atoms with Gasteiger partial charge in [0.25, 0.3) is 0 Å². The second-order valence-corrected chi connectivity index (χ2v) is 15.4. The zero-order chi connectivity index (χ0) is 26.9. The summed E-state index contributed by atoms with van der Waals surface area (Å²) < 4.78 is 20.9. The summed E-state index contributed by atoms with van der Waals surface area (Å²) in [7, 11) is -0.713. The molecule has 2 saturated heterocycles. The van der Waals surface area contributed by atoms with Crippen LogP contribution in [-0.2, 0) is 20.9 Å². The lowest BCUT2D eigenvalue weighted by atomic mass is 10.1. The van der Waals surface area contributed by atoms with Gasteiger partial charge in [-0.3, -0.25) is 0 Å². The van der Waals surface area contributed by atoms with E-state index in [0.717, 1.165) is 31.6 Å². The van der Waals surface area contributed by atoms with E-state index in [4.69, 9.17) is 29.4 Å². The van der Waals surface area contributed by atoms with Crippen LogP contribution in [-0.4, -0.2) is 99.2 Å². The van der Waals surface area contributed by atoms with Crippen molar-refractivity contribution in [1.29, 1.82) is 0 Å². The first-order valence-corrected chi connectivity index (χ1v) is 16.1. The Bertz CT molecular complexity index is 1280. The van der Waals surface area contributed by atoms with Crippen molar-refractivity contribution in [1.82, 2.24) is 24.5 Å². The molecule has 0 spiro atoms. The fraction of sp³-hybridized carbons (Fsp3) is 0.615. The largest absolute Gasteiger partial charge is 0.478 e. The fourth-order valence-electron chi connectivity index (χ4n) is 4.83. The maximum atomic E-state index is 12.5. The van der Waals surface area contributed by atoms with Gasteiger partial charge in [-0.2, -0.15) is 10.2 Å². The topological polar surface area (TPSA) is 117 Å². The van der Waals surface area contributed by atoms with E-state index in [2.05, 4.69) is 23.7 Å². The standard InChI is InChI=1S/C26H38N6O5S/c1-18-16-35-12-10-30(18)21-15-19(26(33)34)25-24(27-21)23(29-32(25)17-36-13-14-38(2,3)4)20-8-9-31(28-20)22-7-5-6-11-37-22/h8-9,15,18,22H,5-7,10-14,16-17H2,1-4H3,(H,33,34)/t18-,22?/m1/s1. The number of pyridine rings is 1. The van der Waals surface area contributed by atoms with Crippen LogP contribution in [0, 0.1) is 0 Å². The number of carbonyl (C=O) groups is 1. The molecule has 1 unspecified atom stereocenters. The molecule has 208 valence electrons. The highest BCUT2D eigenvalue weighted by atomic mass is 32.3. The van der Waals surface area contributed by atoms with E-state index in [1.165, 1.54) is 0 Å². The summed E-state index contributed by atoms with van der Waals surface area (Å²) in [4.78, 5) is 19.6. The minimum Gasteiger partial charge on any atom is -0.478 e. The maximum Gasteiger partial charge on any atom is 0.338 e. The van der Waals surface area contributed by atoms with Crippen molar-refractivity contribution in [3.63, 3.8) is 0 Å². The zero-order valence-electron chi connectivity index (χ0n) is 22.6. The molecule has 1 N–H and O–H groups in total. The van der Waals surface area contributed by atoms with Crippen LogP contribution in [0.3, 0.4) is 0 Å². The van der Waals surface area contributed by atoms with Crippen molar-refractivity contribution in [2.75, 3.05) is 62.4 Å². The molecule has 0 amide bonds. The zero-order valence-corrected chi connectivity index (χ0v) is 23.4. The Morgan fingerprint density at radius 2 is 2.08 bits per heavy atom. The van der Waals surface area contributed by atoms with Crippen LogP contribution in [0.5, 0.6) is 0 Å². The molecule has 2 atom stereocenters. The number of aromatic nitrogens is 5. The van der Waals surface area contributed by atoms with E-state index in [-0.39, 0.29) is 24.6 Å². The van der Waals surface area contributed by atoms with Crippen LogP contribution in [0.15, 0.2) is 18.3 Å². The highest BCUT2D eigenvalue weighted by molar-refractivity contribution is 8.32. The minimum absolute atomic E-state index is 0.0692. The third-order valence-electron chi connectivity index (χ3n) is 6.93. The Morgan fingerprint density at radius 1 is 1.24 bits per heavy atom. The van der Waals surface area contributed by atoms with Gasteiger partial charge in [0.15, 0.2) is 0 Å². The lowest BCUT2D eigenvalue weighted by molar-refractivity contribution is -0.0393. The number of hydrogen-bond donors (Lipinski definition) is 1. The summed E-state index contributed by atoms with van der Waals surface area (Å²) in [5.41, 5.74) is 2.23. The molecule has 11 nitrogen and oxygen atoms in total. The molecule has 0 aliphatic carbocycles. The molecule has 2 aliphatic rings. The molecule has 38 heavy (non-hydrogen) atoms. The molecule has 0 aromatic carbocycles. The number of morpholine rings is 1. The van der Waals surface area contributed by atoms with Crippen LogP contribution >= 0.6 is 10.0 Å². The van der Waals surface area contributed by atoms with Crippen LogP contribution in [0.25, 0.3) is 22.4 Å². The van der Waals surface area contributed by atoms with Crippen LogP contribution in [0.1, 0.15) is 42.8 Å². The molecule has 0 saturated carbocycles. The highest BCUT2D eigenvalue weighted by Crippen LogP contribution is 2.35. The van der Waals surface area contributed by atoms with E-state index in [1.807, 2.05) is 23.9 Å². The first-order chi connectivity index (χ1) is 18.2. The Hall–Kier alpha value is -2.67. The number of nitrogens with zero attached hydrogens (tertiary/aromatic N) is 6. The molecule has 5 rings (SSSR count). The third kappa shape index (κ3) is 5.83. The molecule has 3 aromatic heterocycles. The van der Waals surface area contributed by atoms with Gasteiger partial charge in [-0.05, 0) is 57.1 Å². The van der Waals surface area contributed by atoms with Gasteiger partial charge < -0.3 is 24.2 Å². The van der Waals surface area contributed by atoms with Gasteiger partial charge in [-0.25, -0.2) is 29.2 Å². The number of fused-ring (bicyclic) bond motifs is 1. The number of aromatic carboxylic acids is 1. The summed E-state index contributed by atoms with van der Waals surface area (Å²) in [5.74, 6) is 0.514. The highest BCUT2D eigenvalue weighted by Gasteiger charge is 2.28. The lowest BCUT2D eigenvalue weighted by Crippen LogP contribution is -2.44. The van der Waals surface area contributed by atoms with Gasteiger partial charge in [0.05, 0.1) is 31.4 Å². The van der Waals surface area contributed by atoms with E-state index >= 15 is 0 Å². The predicted octanol–water partition coefficient (Wildman–Crippen LogP) is 3.59. The van der Waals surface area contributed by atoms with Gasteiger partial charge in [0.1, 0.15) is 41.2 Å². The molecule has 2 fully saturated rings. The van der Waals surface area contributed by atoms with Gasteiger partial charge in [-0.1, -0.05) is 0 Å². The maximum absolute atomic E-state index is 12.5. The summed E-state index contributed by atoms with van der Waals surface area (Å²) in [6.45, 7) is 5.23. The van der Waals surface area contributed by atoms with Crippen molar-refractivity contribution in [2.45, 2.75) is 45.2 Å². The first kappa shape index (κ1) is 26.9. The fourth-order valence-corrected chi connectivity index (χ4v) is 5.45. The Morgan fingerprint density at radius 3 is 2.79 bits per heavy atom. The summed E-state index contributed by atoms with van der Waals surface area (Å²) in [5, 5.41) is 19.8. The first-order valence-electron chi connectivity index (χ1n) is 13.1. The molecule has 5 heterocycles. The van der Waals surface area contributed by atoms with Gasteiger partial charge in [0.2, 0.25) is 0 Å². The quantitative estimate of drug-likeness (QED) is 0.402. The third-order valence-corrected chi connectivity index (χ3v) is 8.32. The smallest absolute Gasteiger partial charge is 0.338 e. The van der Waals surface area contributed by atoms with E-state index in [9.17, 15) is 9.90 Å². The molecule has 2 aliphatic heterocycles. The average molecular weight is 547 g/mol. The molecule has 12 heteroatoms. The van der Waals surface area contributed by atoms with Crippen LogP contribution in [0.4, 0.5) is 5.82 Å². The Labute approximate surface area is 224 Å². The Balaban J connectivity index is 1.58. The normalized spacial score (nSPS) is 21.2. The van der Waals surface area contributed by atoms with Gasteiger partial charge in [-0.15, -0.1) is 0 Å².